The average Bonchev–Trinajstić information content (AvgIpc) is 2.15. The van der Waals surface area contributed by atoms with Gasteiger partial charge in [0.15, 0.2) is 0 Å². The molecule has 1 heterocycles. The largest absolute Gasteiger partial charge is 0.488 e. The second-order valence-electron chi connectivity index (χ2n) is 5.42. The van der Waals surface area contributed by atoms with E-state index in [-0.39, 0.29) is 0 Å². The minimum Gasteiger partial charge on any atom is -0.423 e. The molecule has 1 aromatic carbocycles. The van der Waals surface area contributed by atoms with Crippen molar-refractivity contribution in [1.82, 2.24) is 4.90 Å². The Balaban J connectivity index is 1.91. The van der Waals surface area contributed by atoms with Gasteiger partial charge in [-0.05, 0) is 16.4 Å². The maximum Gasteiger partial charge on any atom is 0.488 e. The molecule has 0 spiro atoms. The van der Waals surface area contributed by atoms with E-state index in [4.69, 9.17) is 10.0 Å². The van der Waals surface area contributed by atoms with Crippen LogP contribution in [0.25, 0.3) is 0 Å². The van der Waals surface area contributed by atoms with Gasteiger partial charge in [0, 0.05) is 19.6 Å². The van der Waals surface area contributed by atoms with Crippen molar-refractivity contribution in [3.05, 3.63) is 29.8 Å². The molecule has 2 rings (SSSR count). The molecule has 1 aliphatic rings. The summed E-state index contributed by atoms with van der Waals surface area (Å²) in [6.07, 6.45) is 0. The second-order valence-corrected chi connectivity index (χ2v) is 5.42. The maximum atomic E-state index is 8.97. The number of benzene rings is 1. The third-order valence-electron chi connectivity index (χ3n) is 2.99. The highest BCUT2D eigenvalue weighted by Gasteiger charge is 2.33. The van der Waals surface area contributed by atoms with Crippen LogP contribution in [0.15, 0.2) is 24.3 Å². The van der Waals surface area contributed by atoms with E-state index >= 15 is 0 Å². The molecule has 16 heavy (non-hydrogen) atoms. The van der Waals surface area contributed by atoms with Gasteiger partial charge in [-0.2, -0.15) is 0 Å². The number of rotatable bonds is 3. The maximum absolute atomic E-state index is 8.97. The Hall–Kier alpha value is -0.835. The van der Waals surface area contributed by atoms with Crippen molar-refractivity contribution < 1.29 is 10.0 Å². The van der Waals surface area contributed by atoms with Crippen LogP contribution in [-0.2, 0) is 6.54 Å². The first-order chi connectivity index (χ1) is 7.46. The first-order valence-electron chi connectivity index (χ1n) is 5.64. The van der Waals surface area contributed by atoms with Crippen LogP contribution in [0.4, 0.5) is 0 Å². The van der Waals surface area contributed by atoms with E-state index in [0.717, 1.165) is 19.6 Å². The van der Waals surface area contributed by atoms with Crippen LogP contribution < -0.4 is 5.46 Å². The lowest BCUT2D eigenvalue weighted by Gasteiger charge is -2.46. The van der Waals surface area contributed by atoms with Crippen LogP contribution in [0.2, 0.25) is 0 Å². The van der Waals surface area contributed by atoms with Gasteiger partial charge < -0.3 is 10.0 Å². The van der Waals surface area contributed by atoms with Gasteiger partial charge in [0.1, 0.15) is 0 Å². The normalized spacial score (nSPS) is 19.2. The molecule has 0 unspecified atom stereocenters. The van der Waals surface area contributed by atoms with Crippen molar-refractivity contribution in [1.29, 1.82) is 0 Å². The average molecular weight is 219 g/mol. The molecular formula is C12H18BNO2. The van der Waals surface area contributed by atoms with Gasteiger partial charge in [-0.1, -0.05) is 38.1 Å². The summed E-state index contributed by atoms with van der Waals surface area (Å²) >= 11 is 0. The van der Waals surface area contributed by atoms with E-state index in [2.05, 4.69) is 18.7 Å². The van der Waals surface area contributed by atoms with Crippen LogP contribution in [0.1, 0.15) is 19.4 Å². The van der Waals surface area contributed by atoms with Gasteiger partial charge in [0.2, 0.25) is 0 Å². The van der Waals surface area contributed by atoms with Crippen molar-refractivity contribution in [2.75, 3.05) is 13.1 Å². The highest BCUT2D eigenvalue weighted by atomic mass is 16.4. The molecular weight excluding hydrogens is 201 g/mol. The quantitative estimate of drug-likeness (QED) is 0.714. The molecule has 0 amide bonds. The van der Waals surface area contributed by atoms with E-state index in [0.29, 0.717) is 10.9 Å². The molecule has 1 fully saturated rings. The fourth-order valence-corrected chi connectivity index (χ4v) is 2.33. The minimum absolute atomic E-state index is 0.460. The van der Waals surface area contributed by atoms with E-state index in [9.17, 15) is 0 Å². The lowest BCUT2D eigenvalue weighted by molar-refractivity contribution is 0.0242. The third-order valence-corrected chi connectivity index (χ3v) is 2.99. The number of likely N-dealkylation sites (tertiary alicyclic amines) is 1. The fraction of sp³-hybridized carbons (Fsp3) is 0.500. The summed E-state index contributed by atoms with van der Waals surface area (Å²) in [7, 11) is -1.36. The van der Waals surface area contributed by atoms with Crippen LogP contribution in [0.5, 0.6) is 0 Å². The predicted molar refractivity (Wildman–Crippen MR) is 65.3 cm³/mol. The summed E-state index contributed by atoms with van der Waals surface area (Å²) in [6.45, 7) is 7.77. The van der Waals surface area contributed by atoms with Crippen molar-refractivity contribution in [3.63, 3.8) is 0 Å². The van der Waals surface area contributed by atoms with Crippen molar-refractivity contribution in [3.8, 4) is 0 Å². The van der Waals surface area contributed by atoms with Gasteiger partial charge in [0.25, 0.3) is 0 Å². The van der Waals surface area contributed by atoms with Crippen molar-refractivity contribution in [2.24, 2.45) is 5.41 Å². The summed E-state index contributed by atoms with van der Waals surface area (Å²) in [4.78, 5) is 2.39. The summed E-state index contributed by atoms with van der Waals surface area (Å²) in [5.74, 6) is 0. The van der Waals surface area contributed by atoms with E-state index < -0.39 is 7.12 Å². The van der Waals surface area contributed by atoms with Crippen molar-refractivity contribution >= 4 is 12.6 Å². The summed E-state index contributed by atoms with van der Waals surface area (Å²) in [6, 6.07) is 7.45. The van der Waals surface area contributed by atoms with Gasteiger partial charge in [0.05, 0.1) is 0 Å². The molecule has 0 bridgehead atoms. The Labute approximate surface area is 96.9 Å². The van der Waals surface area contributed by atoms with Crippen molar-refractivity contribution in [2.45, 2.75) is 20.4 Å². The first-order valence-corrected chi connectivity index (χ1v) is 5.64. The Morgan fingerprint density at radius 1 is 1.19 bits per heavy atom. The molecule has 1 saturated heterocycles. The molecule has 2 N–H and O–H groups in total. The summed E-state index contributed by atoms with van der Waals surface area (Å²) in [5.41, 5.74) is 2.23. The lowest BCUT2D eigenvalue weighted by Crippen LogP contribution is -2.52. The second kappa shape index (κ2) is 4.20. The molecule has 0 atom stereocenters. The van der Waals surface area contributed by atoms with E-state index in [1.165, 1.54) is 5.56 Å². The molecule has 0 aliphatic carbocycles. The summed E-state index contributed by atoms with van der Waals surface area (Å²) in [5, 5.41) is 17.9. The Bertz CT molecular complexity index is 354. The molecule has 4 heteroatoms. The molecule has 1 aliphatic heterocycles. The fourth-order valence-electron chi connectivity index (χ4n) is 2.33. The van der Waals surface area contributed by atoms with Gasteiger partial charge in [-0.15, -0.1) is 0 Å². The smallest absolute Gasteiger partial charge is 0.423 e. The monoisotopic (exact) mass is 219 g/mol. The standard InChI is InChI=1S/C12H18BNO2/c1-12(2)8-14(9-12)7-10-3-5-11(6-4-10)13(15)16/h3-6,15-16H,7-9H2,1-2H3. The number of nitrogens with zero attached hydrogens (tertiary/aromatic N) is 1. The lowest BCUT2D eigenvalue weighted by atomic mass is 9.80. The van der Waals surface area contributed by atoms with Gasteiger partial charge >= 0.3 is 7.12 Å². The molecule has 0 saturated carbocycles. The third kappa shape index (κ3) is 2.64. The van der Waals surface area contributed by atoms with E-state index in [1.54, 1.807) is 12.1 Å². The van der Waals surface area contributed by atoms with Gasteiger partial charge in [-0.25, -0.2) is 0 Å². The van der Waals surface area contributed by atoms with Crippen LogP contribution in [0.3, 0.4) is 0 Å². The highest BCUT2D eigenvalue weighted by Crippen LogP contribution is 2.29. The SMILES string of the molecule is CC1(C)CN(Cc2ccc(B(O)O)cc2)C1. The zero-order chi connectivity index (χ0) is 11.8. The van der Waals surface area contributed by atoms with E-state index in [1.807, 2.05) is 12.1 Å². The number of hydrogen-bond donors (Lipinski definition) is 2. The van der Waals surface area contributed by atoms with Crippen LogP contribution in [0, 0.1) is 5.41 Å². The molecule has 86 valence electrons. The highest BCUT2D eigenvalue weighted by molar-refractivity contribution is 6.58. The number of hydrogen-bond acceptors (Lipinski definition) is 3. The Morgan fingerprint density at radius 3 is 2.19 bits per heavy atom. The van der Waals surface area contributed by atoms with Gasteiger partial charge in [-0.3, -0.25) is 4.90 Å². The summed E-state index contributed by atoms with van der Waals surface area (Å²) < 4.78 is 0. The zero-order valence-electron chi connectivity index (χ0n) is 9.85. The predicted octanol–water partition coefficient (Wildman–Crippen LogP) is 0.208. The topological polar surface area (TPSA) is 43.7 Å². The molecule has 0 aromatic heterocycles. The minimum atomic E-state index is -1.36. The Morgan fingerprint density at radius 2 is 1.75 bits per heavy atom. The van der Waals surface area contributed by atoms with Crippen LogP contribution >= 0.6 is 0 Å². The molecule has 1 aromatic rings. The first kappa shape index (κ1) is 11.6. The molecule has 3 nitrogen and oxygen atoms in total. The Kier molecular flexibility index (Phi) is 3.06. The molecule has 0 radical (unpaired) electrons. The zero-order valence-corrected chi connectivity index (χ0v) is 9.85. The van der Waals surface area contributed by atoms with Crippen LogP contribution in [-0.4, -0.2) is 35.2 Å².